The molecule has 1 unspecified atom stereocenters. The molecule has 1 atom stereocenters. The number of hydrogen-bond acceptors (Lipinski definition) is 5. The second-order valence-electron chi connectivity index (χ2n) is 5.17. The van der Waals surface area contributed by atoms with E-state index in [1.807, 2.05) is 13.8 Å². The highest BCUT2D eigenvalue weighted by Crippen LogP contribution is 2.33. The molecule has 0 amide bonds. The second kappa shape index (κ2) is 7.67. The van der Waals surface area contributed by atoms with Gasteiger partial charge in [0.1, 0.15) is 28.6 Å². The van der Waals surface area contributed by atoms with Gasteiger partial charge in [-0.3, -0.25) is 9.59 Å². The molecule has 0 spiro atoms. The van der Waals surface area contributed by atoms with E-state index in [0.29, 0.717) is 6.42 Å². The maximum absolute atomic E-state index is 12.1. The third-order valence-electron chi connectivity index (χ3n) is 3.55. The van der Waals surface area contributed by atoms with Gasteiger partial charge in [-0.25, -0.2) is 0 Å². The van der Waals surface area contributed by atoms with Crippen LogP contribution in [0.15, 0.2) is 12.1 Å². The van der Waals surface area contributed by atoms with Gasteiger partial charge in [0, 0.05) is 18.1 Å². The Morgan fingerprint density at radius 1 is 1.10 bits per heavy atom. The fraction of sp³-hybridized carbons (Fsp3) is 0.500. The number of ketones is 2. The van der Waals surface area contributed by atoms with Crippen molar-refractivity contribution in [2.45, 2.75) is 46.0 Å². The normalized spacial score (nSPS) is 12.1. The SMILES string of the molecule is CCCCC(CC)C(=O)CC(=O)c1c(O)cc(O)cc1O. The first-order chi connectivity index (χ1) is 9.90. The van der Waals surface area contributed by atoms with Crippen molar-refractivity contribution in [3.05, 3.63) is 17.7 Å². The van der Waals surface area contributed by atoms with Gasteiger partial charge in [0.05, 0.1) is 6.42 Å². The standard InChI is InChI=1S/C16H22O5/c1-3-5-6-10(4-2)12(18)9-15(21)16-13(19)7-11(17)8-14(16)20/h7-8,10,17,19-20H,3-6,9H2,1-2H3. The number of unbranched alkanes of at least 4 members (excludes halogenated alkanes) is 1. The van der Waals surface area contributed by atoms with Gasteiger partial charge in [-0.2, -0.15) is 0 Å². The lowest BCUT2D eigenvalue weighted by Crippen LogP contribution is -2.18. The van der Waals surface area contributed by atoms with Crippen LogP contribution in [0.3, 0.4) is 0 Å². The van der Waals surface area contributed by atoms with E-state index in [2.05, 4.69) is 0 Å². The molecule has 0 saturated carbocycles. The van der Waals surface area contributed by atoms with Gasteiger partial charge >= 0.3 is 0 Å². The Bertz CT molecular complexity index is 498. The molecule has 0 bridgehead atoms. The summed E-state index contributed by atoms with van der Waals surface area (Å²) in [6.45, 7) is 3.94. The molecule has 116 valence electrons. The summed E-state index contributed by atoms with van der Waals surface area (Å²) in [6.07, 6.45) is 2.96. The molecule has 5 heteroatoms. The monoisotopic (exact) mass is 294 g/mol. The molecule has 1 aromatic rings. The molecule has 21 heavy (non-hydrogen) atoms. The predicted octanol–water partition coefficient (Wildman–Crippen LogP) is 3.16. The lowest BCUT2D eigenvalue weighted by molar-refractivity contribution is -0.122. The van der Waals surface area contributed by atoms with E-state index in [1.54, 1.807) is 0 Å². The maximum atomic E-state index is 12.1. The summed E-state index contributed by atoms with van der Waals surface area (Å²) < 4.78 is 0. The summed E-state index contributed by atoms with van der Waals surface area (Å²) in [5.41, 5.74) is -0.313. The lowest BCUT2D eigenvalue weighted by atomic mass is 9.90. The minimum Gasteiger partial charge on any atom is -0.508 e. The zero-order chi connectivity index (χ0) is 16.0. The van der Waals surface area contributed by atoms with Crippen molar-refractivity contribution in [1.82, 2.24) is 0 Å². The Morgan fingerprint density at radius 2 is 1.67 bits per heavy atom. The number of phenolic OH excluding ortho intramolecular Hbond substituents is 3. The van der Waals surface area contributed by atoms with Gasteiger partial charge in [0.25, 0.3) is 0 Å². The highest BCUT2D eigenvalue weighted by atomic mass is 16.3. The minimum atomic E-state index is -0.634. The number of benzene rings is 1. The van der Waals surface area contributed by atoms with Crippen molar-refractivity contribution in [1.29, 1.82) is 0 Å². The zero-order valence-corrected chi connectivity index (χ0v) is 12.4. The smallest absolute Gasteiger partial charge is 0.177 e. The average Bonchev–Trinajstić information content (AvgIpc) is 2.38. The lowest BCUT2D eigenvalue weighted by Gasteiger charge is -2.13. The number of rotatable bonds is 8. The van der Waals surface area contributed by atoms with Crippen molar-refractivity contribution < 1.29 is 24.9 Å². The average molecular weight is 294 g/mol. The third-order valence-corrected chi connectivity index (χ3v) is 3.55. The minimum absolute atomic E-state index is 0.171. The Hall–Kier alpha value is -2.04. The van der Waals surface area contributed by atoms with E-state index in [0.717, 1.165) is 31.4 Å². The second-order valence-corrected chi connectivity index (χ2v) is 5.17. The number of carbonyl (C=O) groups is 2. The maximum Gasteiger partial charge on any atom is 0.177 e. The molecule has 1 aromatic carbocycles. The van der Waals surface area contributed by atoms with Crippen LogP contribution in [0.5, 0.6) is 17.2 Å². The molecule has 0 fully saturated rings. The molecular weight excluding hydrogens is 272 g/mol. The van der Waals surface area contributed by atoms with Gasteiger partial charge in [-0.15, -0.1) is 0 Å². The first kappa shape index (κ1) is 17.0. The highest BCUT2D eigenvalue weighted by Gasteiger charge is 2.24. The van der Waals surface area contributed by atoms with Gasteiger partial charge in [-0.1, -0.05) is 26.7 Å². The Labute approximate surface area is 124 Å². The Balaban J connectivity index is 2.83. The van der Waals surface area contributed by atoms with Crippen LogP contribution >= 0.6 is 0 Å². The molecular formula is C16H22O5. The molecule has 0 aromatic heterocycles. The molecule has 1 rings (SSSR count). The Morgan fingerprint density at radius 3 is 2.14 bits per heavy atom. The van der Waals surface area contributed by atoms with Gasteiger partial charge < -0.3 is 15.3 Å². The summed E-state index contributed by atoms with van der Waals surface area (Å²) in [4.78, 5) is 24.2. The zero-order valence-electron chi connectivity index (χ0n) is 12.4. The first-order valence-electron chi connectivity index (χ1n) is 7.21. The molecule has 0 aliphatic carbocycles. The fourth-order valence-electron chi connectivity index (χ4n) is 2.32. The highest BCUT2D eigenvalue weighted by molar-refractivity contribution is 6.11. The van der Waals surface area contributed by atoms with Crippen LogP contribution in [0, 0.1) is 5.92 Å². The van der Waals surface area contributed by atoms with Crippen LogP contribution < -0.4 is 0 Å². The molecule has 5 nitrogen and oxygen atoms in total. The van der Waals surface area contributed by atoms with Crippen molar-refractivity contribution in [2.75, 3.05) is 0 Å². The van der Waals surface area contributed by atoms with Gasteiger partial charge in [0.15, 0.2) is 5.78 Å². The predicted molar refractivity (Wildman–Crippen MR) is 78.7 cm³/mol. The fourth-order valence-corrected chi connectivity index (χ4v) is 2.32. The van der Waals surface area contributed by atoms with Crippen molar-refractivity contribution >= 4 is 11.6 Å². The largest absolute Gasteiger partial charge is 0.508 e. The number of carbonyl (C=O) groups excluding carboxylic acids is 2. The van der Waals surface area contributed by atoms with E-state index >= 15 is 0 Å². The quantitative estimate of drug-likeness (QED) is 0.505. The van der Waals surface area contributed by atoms with E-state index in [1.165, 1.54) is 0 Å². The number of Topliss-reactive ketones (excluding diaryl/α,β-unsaturated/α-hetero) is 2. The molecule has 0 heterocycles. The van der Waals surface area contributed by atoms with E-state index in [4.69, 9.17) is 0 Å². The number of hydrogen-bond donors (Lipinski definition) is 3. The number of phenols is 3. The van der Waals surface area contributed by atoms with E-state index < -0.39 is 17.3 Å². The van der Waals surface area contributed by atoms with E-state index in [-0.39, 0.29) is 29.4 Å². The van der Waals surface area contributed by atoms with Crippen LogP contribution in [0.1, 0.15) is 56.3 Å². The molecule has 0 aliphatic rings. The summed E-state index contributed by atoms with van der Waals surface area (Å²) in [6, 6.07) is 1.93. The van der Waals surface area contributed by atoms with Gasteiger partial charge in [0.2, 0.25) is 0 Å². The van der Waals surface area contributed by atoms with E-state index in [9.17, 15) is 24.9 Å². The van der Waals surface area contributed by atoms with Crippen molar-refractivity contribution in [3.8, 4) is 17.2 Å². The summed E-state index contributed by atoms with van der Waals surface area (Å²) in [5, 5.41) is 28.5. The van der Waals surface area contributed by atoms with Crippen molar-refractivity contribution in [2.24, 2.45) is 5.92 Å². The van der Waals surface area contributed by atoms with Crippen LogP contribution in [-0.4, -0.2) is 26.9 Å². The van der Waals surface area contributed by atoms with Crippen LogP contribution in [0.25, 0.3) is 0 Å². The summed E-state index contributed by atoms with van der Waals surface area (Å²) in [5.74, 6) is -2.37. The molecule has 0 radical (unpaired) electrons. The molecule has 0 aliphatic heterocycles. The summed E-state index contributed by atoms with van der Waals surface area (Å²) >= 11 is 0. The number of aromatic hydroxyl groups is 3. The summed E-state index contributed by atoms with van der Waals surface area (Å²) in [7, 11) is 0. The van der Waals surface area contributed by atoms with Crippen molar-refractivity contribution in [3.63, 3.8) is 0 Å². The Kier molecular flexibility index (Phi) is 6.21. The third kappa shape index (κ3) is 4.48. The van der Waals surface area contributed by atoms with Crippen LogP contribution in [0.2, 0.25) is 0 Å². The van der Waals surface area contributed by atoms with Crippen LogP contribution in [-0.2, 0) is 4.79 Å². The van der Waals surface area contributed by atoms with Crippen LogP contribution in [0.4, 0.5) is 0 Å². The molecule has 3 N–H and O–H groups in total. The topological polar surface area (TPSA) is 94.8 Å². The van der Waals surface area contributed by atoms with Gasteiger partial charge in [-0.05, 0) is 12.8 Å². The first-order valence-corrected chi connectivity index (χ1v) is 7.21. The molecule has 0 saturated heterocycles.